The number of amides is 3. The molecule has 20 heteroatoms. The number of anilines is 3. The first-order chi connectivity index (χ1) is 30.9. The molecule has 0 radical (unpaired) electrons. The van der Waals surface area contributed by atoms with Crippen LogP contribution in [0.25, 0.3) is 16.7 Å². The summed E-state index contributed by atoms with van der Waals surface area (Å²) in [5.74, 6) is -0.528. The first-order valence-corrected chi connectivity index (χ1v) is 22.4. The Balaban J connectivity index is 0.000000162. The maximum absolute atomic E-state index is 13.7. The fourth-order valence-corrected chi connectivity index (χ4v) is 9.65. The number of rotatable bonds is 9. The average molecular weight is 887 g/mol. The number of imide groups is 1. The SMILES string of the molecule is CN1CCC(OC2CN(c3cccc4c3n(C)c(=O)n4C3CCC(=O)NC3=O)C2)CC1.C[C@@H]1COCCN1c1ccn2ncc(C(=O)Nc3cn(C4CCCCC4)nc3C(F)F)c2n1. The summed E-state index contributed by atoms with van der Waals surface area (Å²) in [6.07, 6.45) is 10.2. The van der Waals surface area contributed by atoms with Crippen molar-refractivity contribution in [3.8, 4) is 0 Å². The number of likely N-dealkylation sites (tertiary alicyclic amines) is 1. The van der Waals surface area contributed by atoms with E-state index in [4.69, 9.17) is 9.47 Å². The number of imidazole rings is 1. The van der Waals surface area contributed by atoms with Crippen LogP contribution in [0.1, 0.15) is 99.3 Å². The molecule has 2 atom stereocenters. The Bertz CT molecular complexity index is 2570. The second-order valence-electron chi connectivity index (χ2n) is 17.7. The predicted octanol–water partition coefficient (Wildman–Crippen LogP) is 4.46. The van der Waals surface area contributed by atoms with Gasteiger partial charge in [-0.3, -0.25) is 33.5 Å². The Labute approximate surface area is 368 Å². The summed E-state index contributed by atoms with van der Waals surface area (Å²) in [5.41, 5.74) is 2.46. The van der Waals surface area contributed by atoms with Crippen molar-refractivity contribution in [3.63, 3.8) is 0 Å². The molecule has 3 amide bonds. The van der Waals surface area contributed by atoms with E-state index in [1.165, 1.54) is 21.5 Å². The number of nitrogens with one attached hydrogen (secondary N) is 2. The molecular formula is C44H56F2N12O6. The summed E-state index contributed by atoms with van der Waals surface area (Å²) in [6.45, 7) is 7.69. The number of ether oxygens (including phenoxy) is 2. The van der Waals surface area contributed by atoms with Crippen LogP contribution in [0.2, 0.25) is 0 Å². The van der Waals surface area contributed by atoms with Crippen molar-refractivity contribution in [1.29, 1.82) is 0 Å². The van der Waals surface area contributed by atoms with Crippen molar-refractivity contribution in [3.05, 3.63) is 64.6 Å². The highest BCUT2D eigenvalue weighted by atomic mass is 19.3. The lowest BCUT2D eigenvalue weighted by Crippen LogP contribution is -2.54. The van der Waals surface area contributed by atoms with Gasteiger partial charge < -0.3 is 29.5 Å². The van der Waals surface area contributed by atoms with Gasteiger partial charge in [0.15, 0.2) is 11.3 Å². The van der Waals surface area contributed by atoms with Gasteiger partial charge in [-0.2, -0.15) is 10.2 Å². The zero-order chi connectivity index (χ0) is 44.6. The molecule has 0 spiro atoms. The Morgan fingerprint density at radius 1 is 0.984 bits per heavy atom. The van der Waals surface area contributed by atoms with Gasteiger partial charge in [0.05, 0.1) is 66.1 Å². The van der Waals surface area contributed by atoms with Crippen molar-refractivity contribution < 1.29 is 32.6 Å². The van der Waals surface area contributed by atoms with E-state index in [2.05, 4.69) is 47.6 Å². The zero-order valence-corrected chi connectivity index (χ0v) is 36.5. The minimum atomic E-state index is -2.79. The van der Waals surface area contributed by atoms with E-state index in [-0.39, 0.29) is 47.5 Å². The summed E-state index contributed by atoms with van der Waals surface area (Å²) in [4.78, 5) is 61.4. The molecular weight excluding hydrogens is 831 g/mol. The molecule has 5 fully saturated rings. The number of carbonyl (C=O) groups excluding carboxylic acids is 3. The fourth-order valence-electron chi connectivity index (χ4n) is 9.65. The van der Waals surface area contributed by atoms with Crippen LogP contribution >= 0.6 is 0 Å². The number of para-hydroxylation sites is 1. The second-order valence-corrected chi connectivity index (χ2v) is 17.7. The maximum Gasteiger partial charge on any atom is 0.329 e. The Hall–Kier alpha value is -5.73. The Morgan fingerprint density at radius 3 is 2.50 bits per heavy atom. The molecule has 342 valence electrons. The van der Waals surface area contributed by atoms with E-state index in [0.717, 1.165) is 87.8 Å². The monoisotopic (exact) mass is 886 g/mol. The van der Waals surface area contributed by atoms with E-state index >= 15 is 0 Å². The second kappa shape index (κ2) is 18.4. The highest BCUT2D eigenvalue weighted by Crippen LogP contribution is 2.35. The van der Waals surface area contributed by atoms with Gasteiger partial charge in [0.25, 0.3) is 12.3 Å². The van der Waals surface area contributed by atoms with Crippen molar-refractivity contribution in [1.82, 2.24) is 43.7 Å². The van der Waals surface area contributed by atoms with Crippen LogP contribution < -0.4 is 26.1 Å². The third-order valence-corrected chi connectivity index (χ3v) is 13.3. The number of carbonyl (C=O) groups is 3. The molecule has 8 heterocycles. The first-order valence-electron chi connectivity index (χ1n) is 22.4. The van der Waals surface area contributed by atoms with Gasteiger partial charge in [-0.05, 0) is 64.3 Å². The van der Waals surface area contributed by atoms with Crippen molar-refractivity contribution in [2.75, 3.05) is 68.1 Å². The van der Waals surface area contributed by atoms with Gasteiger partial charge in [-0.1, -0.05) is 25.3 Å². The molecule has 0 bridgehead atoms. The van der Waals surface area contributed by atoms with Crippen LogP contribution in [0.5, 0.6) is 0 Å². The van der Waals surface area contributed by atoms with E-state index in [9.17, 15) is 28.0 Å². The molecule has 1 aliphatic carbocycles. The smallest absolute Gasteiger partial charge is 0.329 e. The quantitative estimate of drug-likeness (QED) is 0.199. The highest BCUT2D eigenvalue weighted by molar-refractivity contribution is 6.08. The van der Waals surface area contributed by atoms with Crippen molar-refractivity contribution in [2.45, 2.75) is 101 Å². The predicted molar refractivity (Wildman–Crippen MR) is 234 cm³/mol. The molecule has 64 heavy (non-hydrogen) atoms. The van der Waals surface area contributed by atoms with Crippen LogP contribution in [0, 0.1) is 0 Å². The van der Waals surface area contributed by atoms with E-state index in [1.807, 2.05) is 31.2 Å². The standard InChI is InChI=1S/C22H27F2N7O2.C22H29N5O4/c1-14-13-33-10-9-29(14)18-7-8-30-21(27-18)16(11-25-30)22(32)26-17-12-31(28-19(17)20(23)24)15-5-3-2-4-6-15;1-24-10-8-14(9-11-24)31-15-12-26(13-15)16-4-3-5-17-20(16)25(2)22(30)27(17)18-6-7-19(28)23-21(18)29/h7-8,11-12,14-15,20H,2-6,9-10,13H2,1H3,(H,26,32);3-5,14-15,18H,6-13H2,1-2H3,(H,23,28,29)/t14-;/m1./s1. The van der Waals surface area contributed by atoms with Crippen LogP contribution in [0.15, 0.2) is 47.7 Å². The molecule has 4 aliphatic heterocycles. The third kappa shape index (κ3) is 8.74. The molecule has 5 aromatic rings. The van der Waals surface area contributed by atoms with Crippen molar-refractivity contribution >= 4 is 51.6 Å². The summed E-state index contributed by atoms with van der Waals surface area (Å²) in [7, 11) is 3.88. The third-order valence-electron chi connectivity index (χ3n) is 13.3. The van der Waals surface area contributed by atoms with Crippen LogP contribution in [-0.4, -0.2) is 127 Å². The summed E-state index contributed by atoms with van der Waals surface area (Å²) in [5, 5.41) is 13.3. The number of halogens is 2. The molecule has 1 aromatic carbocycles. The Kier molecular flexibility index (Phi) is 12.5. The van der Waals surface area contributed by atoms with Crippen LogP contribution in [0.4, 0.5) is 26.0 Å². The number of fused-ring (bicyclic) bond motifs is 2. The van der Waals surface area contributed by atoms with E-state index < -0.39 is 30.0 Å². The minimum Gasteiger partial charge on any atom is -0.377 e. The van der Waals surface area contributed by atoms with Crippen LogP contribution in [0.3, 0.4) is 0 Å². The van der Waals surface area contributed by atoms with Crippen LogP contribution in [-0.2, 0) is 26.1 Å². The maximum atomic E-state index is 13.7. The largest absolute Gasteiger partial charge is 0.377 e. The lowest BCUT2D eigenvalue weighted by atomic mass is 9.96. The number of benzene rings is 1. The van der Waals surface area contributed by atoms with Gasteiger partial charge in [-0.15, -0.1) is 0 Å². The molecule has 2 N–H and O–H groups in total. The lowest BCUT2D eigenvalue weighted by Gasteiger charge is -2.43. The van der Waals surface area contributed by atoms with Crippen molar-refractivity contribution in [2.24, 2.45) is 7.05 Å². The number of aryl methyl sites for hydroxylation is 1. The first kappa shape index (κ1) is 43.5. The summed E-state index contributed by atoms with van der Waals surface area (Å²) >= 11 is 0. The van der Waals surface area contributed by atoms with E-state index in [1.54, 1.807) is 22.5 Å². The molecule has 1 unspecified atom stereocenters. The molecule has 10 rings (SSSR count). The molecule has 5 aliphatic rings. The topological polar surface area (TPSA) is 178 Å². The normalized spacial score (nSPS) is 21.9. The minimum absolute atomic E-state index is 0.0258. The highest BCUT2D eigenvalue weighted by Gasteiger charge is 2.36. The molecule has 18 nitrogen and oxygen atoms in total. The molecule has 1 saturated carbocycles. The number of aromatic nitrogens is 7. The number of morpholine rings is 1. The fraction of sp³-hybridized carbons (Fsp3) is 0.568. The van der Waals surface area contributed by atoms with Gasteiger partial charge in [0.2, 0.25) is 11.8 Å². The number of hydrogen-bond donors (Lipinski definition) is 2. The zero-order valence-electron chi connectivity index (χ0n) is 36.5. The Morgan fingerprint density at radius 2 is 1.77 bits per heavy atom. The number of nitrogens with zero attached hydrogens (tertiary/aromatic N) is 10. The summed E-state index contributed by atoms with van der Waals surface area (Å²) < 4.78 is 45.4. The van der Waals surface area contributed by atoms with Gasteiger partial charge >= 0.3 is 5.69 Å². The number of piperidine rings is 2. The van der Waals surface area contributed by atoms with Gasteiger partial charge in [-0.25, -0.2) is 23.1 Å². The van der Waals surface area contributed by atoms with E-state index in [0.29, 0.717) is 43.7 Å². The lowest BCUT2D eigenvalue weighted by molar-refractivity contribution is -0.135. The number of hydrogen-bond acceptors (Lipinski definition) is 12. The summed E-state index contributed by atoms with van der Waals surface area (Å²) in [6, 6.07) is 7.21. The molecule has 4 saturated heterocycles. The number of alkyl halides is 2. The van der Waals surface area contributed by atoms with Gasteiger partial charge in [0, 0.05) is 58.6 Å². The van der Waals surface area contributed by atoms with Gasteiger partial charge in [0.1, 0.15) is 17.4 Å². The average Bonchev–Trinajstić information content (AvgIpc) is 3.97. The molecule has 4 aromatic heterocycles.